The Morgan fingerprint density at radius 1 is 0.389 bits per heavy atom. The molecular weight excluding hydrogens is 665 g/mol. The zero-order valence-corrected chi connectivity index (χ0v) is 32.1. The van der Waals surface area contributed by atoms with Gasteiger partial charge in [0, 0.05) is 28.4 Å². The SMILES string of the molecule is C=Cc1cc2c(C=C)cc1-c1ccc(cc1/C=C/C)C1(OC)C=CC(OC)(C=C1)c1ccc(cc1)C1(OC)C=CC(OC)(C=C1)c1ccc-2c(/C=C/C)c1. The smallest absolute Gasteiger partial charge is 0.129 e. The maximum absolute atomic E-state index is 6.31. The number of ether oxygens (including phenoxy) is 4. The van der Waals surface area contributed by atoms with Gasteiger partial charge in [-0.2, -0.15) is 0 Å². The molecule has 0 atom stereocenters. The van der Waals surface area contributed by atoms with Crippen LogP contribution in [-0.2, 0) is 41.4 Å². The highest BCUT2D eigenvalue weighted by atomic mass is 16.5. The van der Waals surface area contributed by atoms with E-state index in [4.69, 9.17) is 18.9 Å². The van der Waals surface area contributed by atoms with Gasteiger partial charge in [-0.15, -0.1) is 0 Å². The monoisotopic (exact) mass is 712 g/mol. The number of benzene rings is 4. The lowest BCUT2D eigenvalue weighted by Crippen LogP contribution is -2.34. The quantitative estimate of drug-likeness (QED) is 0.170. The van der Waals surface area contributed by atoms with Crippen molar-refractivity contribution in [2.45, 2.75) is 36.3 Å². The fourth-order valence-corrected chi connectivity index (χ4v) is 8.16. The van der Waals surface area contributed by atoms with E-state index in [2.05, 4.69) is 159 Å². The molecule has 0 saturated heterocycles. The van der Waals surface area contributed by atoms with Gasteiger partial charge in [-0.05, 0) is 153 Å². The molecule has 22 rings (SSSR count). The van der Waals surface area contributed by atoms with Crippen molar-refractivity contribution in [2.24, 2.45) is 0 Å². The van der Waals surface area contributed by atoms with Crippen LogP contribution in [0, 0.1) is 0 Å². The fraction of sp³-hybridized carbons (Fsp3) is 0.200. The summed E-state index contributed by atoms with van der Waals surface area (Å²) >= 11 is 0. The number of hydrogen-bond donors (Lipinski definition) is 0. The van der Waals surface area contributed by atoms with Gasteiger partial charge in [0.2, 0.25) is 0 Å². The summed E-state index contributed by atoms with van der Waals surface area (Å²) < 4.78 is 25.1. The first kappa shape index (κ1) is 37.0. The van der Waals surface area contributed by atoms with E-state index in [1.165, 1.54) is 0 Å². The maximum atomic E-state index is 6.31. The average Bonchev–Trinajstić information content (AvgIpc) is 3.23. The third kappa shape index (κ3) is 5.87. The highest BCUT2D eigenvalue weighted by Gasteiger charge is 2.39. The molecule has 272 valence electrons. The highest BCUT2D eigenvalue weighted by molar-refractivity contribution is 5.90. The van der Waals surface area contributed by atoms with E-state index in [-0.39, 0.29) is 0 Å². The average molecular weight is 713 g/mol. The van der Waals surface area contributed by atoms with Crippen molar-refractivity contribution in [3.8, 4) is 22.3 Å². The maximum Gasteiger partial charge on any atom is 0.129 e. The summed E-state index contributed by atoms with van der Waals surface area (Å²) in [6, 6.07) is 26.0. The summed E-state index contributed by atoms with van der Waals surface area (Å²) in [4.78, 5) is 0. The Hall–Kier alpha value is -5.36. The Morgan fingerprint density at radius 3 is 0.963 bits per heavy atom. The molecule has 0 aromatic heterocycles. The Labute approximate surface area is 320 Å². The molecule has 18 aliphatic rings. The van der Waals surface area contributed by atoms with Crippen molar-refractivity contribution in [3.05, 3.63) is 191 Å². The molecule has 4 aromatic rings. The molecule has 0 amide bonds. The van der Waals surface area contributed by atoms with E-state index < -0.39 is 22.4 Å². The third-order valence-electron chi connectivity index (χ3n) is 11.4. The molecule has 0 radical (unpaired) electrons. The highest BCUT2D eigenvalue weighted by Crippen LogP contribution is 2.45. The van der Waals surface area contributed by atoms with Crippen LogP contribution < -0.4 is 0 Å². The zero-order valence-electron chi connectivity index (χ0n) is 32.1. The number of allylic oxidation sites excluding steroid dienone is 2. The Bertz CT molecular complexity index is 2100. The molecule has 18 aliphatic carbocycles. The van der Waals surface area contributed by atoms with Crippen LogP contribution in [0.3, 0.4) is 0 Å². The van der Waals surface area contributed by atoms with Gasteiger partial charge < -0.3 is 18.9 Å². The standard InChI is InChI=1S/C50H48O4/c1-9-13-37-31-41-19-21-43(37)45-33-36(12-4)46(34-35(45)11-3)44-22-20-42(32-38(44)14-10-2)50(54-8)29-25-48(52-6,26-30-50)40-17-15-39(16-18-40)47(51-5)23-27-49(41,53-7)28-24-47/h9-34H,3-4H2,1-2,5-8H3/b13-9+,14-10+. The van der Waals surface area contributed by atoms with Gasteiger partial charge in [0.15, 0.2) is 0 Å². The lowest BCUT2D eigenvalue weighted by atomic mass is 9.78. The lowest BCUT2D eigenvalue weighted by Gasteiger charge is -2.37. The van der Waals surface area contributed by atoms with E-state index in [1.807, 2.05) is 26.0 Å². The molecule has 0 saturated carbocycles. The number of hydrogen-bond acceptors (Lipinski definition) is 4. The molecule has 4 heteroatoms. The molecule has 4 nitrogen and oxygen atoms in total. The van der Waals surface area contributed by atoms with Gasteiger partial charge in [-0.3, -0.25) is 0 Å². The van der Waals surface area contributed by atoms with Crippen LogP contribution in [0.1, 0.15) is 58.4 Å². The predicted octanol–water partition coefficient (Wildman–Crippen LogP) is 11.7. The molecule has 0 spiro atoms. The van der Waals surface area contributed by atoms with Crippen molar-refractivity contribution >= 4 is 24.3 Å². The minimum absolute atomic E-state index is 0.789. The van der Waals surface area contributed by atoms with Crippen LogP contribution in [0.15, 0.2) is 147 Å². The first-order valence-electron chi connectivity index (χ1n) is 18.3. The first-order valence-corrected chi connectivity index (χ1v) is 18.3. The Balaban J connectivity index is 1.52. The molecule has 0 heterocycles. The second-order valence-electron chi connectivity index (χ2n) is 13.9. The van der Waals surface area contributed by atoms with Gasteiger partial charge in [0.1, 0.15) is 22.4 Å². The Kier molecular flexibility index (Phi) is 9.91. The number of methoxy groups -OCH3 is 4. The van der Waals surface area contributed by atoms with Crippen molar-refractivity contribution in [1.29, 1.82) is 0 Å². The fourth-order valence-electron chi connectivity index (χ4n) is 8.16. The van der Waals surface area contributed by atoms with E-state index in [1.54, 1.807) is 28.4 Å². The molecular formula is C50H48O4. The first-order chi connectivity index (χ1) is 26.2. The van der Waals surface area contributed by atoms with Gasteiger partial charge in [-0.25, -0.2) is 0 Å². The van der Waals surface area contributed by atoms with Crippen LogP contribution >= 0.6 is 0 Å². The van der Waals surface area contributed by atoms with Gasteiger partial charge in [0.25, 0.3) is 0 Å². The van der Waals surface area contributed by atoms with Crippen LogP contribution in [0.2, 0.25) is 0 Å². The van der Waals surface area contributed by atoms with Gasteiger partial charge >= 0.3 is 0 Å². The normalized spacial score (nSPS) is 25.1. The molecule has 0 fully saturated rings. The van der Waals surface area contributed by atoms with E-state index in [9.17, 15) is 0 Å². The zero-order chi connectivity index (χ0) is 38.1. The number of rotatable bonds is 8. The summed E-state index contributed by atoms with van der Waals surface area (Å²) in [6.07, 6.45) is 29.0. The van der Waals surface area contributed by atoms with Gasteiger partial charge in [-0.1, -0.05) is 98.1 Å². The van der Waals surface area contributed by atoms with E-state index in [0.29, 0.717) is 0 Å². The van der Waals surface area contributed by atoms with Gasteiger partial charge in [0.05, 0.1) is 0 Å². The minimum Gasteiger partial charge on any atom is -0.365 e. The second-order valence-corrected chi connectivity index (χ2v) is 13.9. The largest absolute Gasteiger partial charge is 0.365 e. The molecule has 12 bridgehead atoms. The van der Waals surface area contributed by atoms with Crippen LogP contribution in [0.25, 0.3) is 46.6 Å². The lowest BCUT2D eigenvalue weighted by molar-refractivity contribution is 0.0406. The molecule has 0 unspecified atom stereocenters. The Morgan fingerprint density at radius 2 is 0.685 bits per heavy atom. The van der Waals surface area contributed by atoms with E-state index >= 15 is 0 Å². The topological polar surface area (TPSA) is 36.9 Å². The summed E-state index contributed by atoms with van der Waals surface area (Å²) in [5, 5.41) is 0. The van der Waals surface area contributed by atoms with Crippen molar-refractivity contribution in [2.75, 3.05) is 28.4 Å². The summed E-state index contributed by atoms with van der Waals surface area (Å²) in [6.45, 7) is 12.6. The van der Waals surface area contributed by atoms with Crippen molar-refractivity contribution in [1.82, 2.24) is 0 Å². The molecule has 4 aromatic carbocycles. The summed E-state index contributed by atoms with van der Waals surface area (Å²) in [5.41, 5.74) is 9.31. The minimum atomic E-state index is -0.803. The van der Waals surface area contributed by atoms with Crippen LogP contribution in [0.5, 0.6) is 0 Å². The van der Waals surface area contributed by atoms with Crippen LogP contribution in [-0.4, -0.2) is 28.4 Å². The van der Waals surface area contributed by atoms with Crippen LogP contribution in [0.4, 0.5) is 0 Å². The van der Waals surface area contributed by atoms with E-state index in [0.717, 1.165) is 66.8 Å². The van der Waals surface area contributed by atoms with Crippen molar-refractivity contribution in [3.63, 3.8) is 0 Å². The second kappa shape index (κ2) is 14.5. The molecule has 54 heavy (non-hydrogen) atoms. The van der Waals surface area contributed by atoms with Crippen molar-refractivity contribution < 1.29 is 18.9 Å². The third-order valence-corrected chi connectivity index (χ3v) is 11.4. The predicted molar refractivity (Wildman–Crippen MR) is 225 cm³/mol. The molecule has 0 aliphatic heterocycles. The summed E-state index contributed by atoms with van der Waals surface area (Å²) in [7, 11) is 6.96. The molecule has 0 N–H and O–H groups in total. The summed E-state index contributed by atoms with van der Waals surface area (Å²) in [5.74, 6) is 0.